The molecule has 0 atom stereocenters. The number of para-hydroxylation sites is 1. The number of rotatable bonds is 8. The van der Waals surface area contributed by atoms with E-state index in [9.17, 15) is 15.0 Å². The Morgan fingerprint density at radius 2 is 1.65 bits per heavy atom. The number of phenolic OH excluding ortho intramolecular Hbond substituents is 2. The van der Waals surface area contributed by atoms with E-state index in [1.165, 1.54) is 12.1 Å². The van der Waals surface area contributed by atoms with Crippen molar-refractivity contribution in [2.75, 3.05) is 7.11 Å². The summed E-state index contributed by atoms with van der Waals surface area (Å²) in [4.78, 5) is 17.7. The van der Waals surface area contributed by atoms with Crippen LogP contribution < -0.4 is 4.74 Å². The van der Waals surface area contributed by atoms with E-state index >= 15 is 0 Å². The number of ether oxygens (including phenoxy) is 1. The van der Waals surface area contributed by atoms with Crippen molar-refractivity contribution >= 4 is 17.2 Å². The summed E-state index contributed by atoms with van der Waals surface area (Å²) in [5.41, 5.74) is 4.21. The molecular formula is C26H27NO4. The second-order valence-electron chi connectivity index (χ2n) is 7.36. The van der Waals surface area contributed by atoms with Gasteiger partial charge in [-0.05, 0) is 60.9 Å². The molecule has 0 aliphatic carbocycles. The fourth-order valence-corrected chi connectivity index (χ4v) is 3.40. The number of unbranched alkanes of at least 4 members (excludes halogenated alkanes) is 1. The Kier molecular flexibility index (Phi) is 7.08. The first kappa shape index (κ1) is 22.1. The molecule has 160 valence electrons. The van der Waals surface area contributed by atoms with Crippen LogP contribution in [0.25, 0.3) is 11.1 Å². The number of ketones is 1. The highest BCUT2D eigenvalue weighted by molar-refractivity contribution is 6.06. The number of hydrogen-bond acceptors (Lipinski definition) is 5. The molecule has 5 nitrogen and oxygen atoms in total. The summed E-state index contributed by atoms with van der Waals surface area (Å²) in [6.45, 7) is 3.94. The number of hydrogen-bond donors (Lipinski definition) is 2. The van der Waals surface area contributed by atoms with Crippen molar-refractivity contribution in [2.45, 2.75) is 33.1 Å². The summed E-state index contributed by atoms with van der Waals surface area (Å²) in [6, 6.07) is 17.7. The van der Waals surface area contributed by atoms with Crippen molar-refractivity contribution in [2.24, 2.45) is 4.99 Å². The van der Waals surface area contributed by atoms with Crippen molar-refractivity contribution in [1.82, 2.24) is 0 Å². The molecule has 0 amide bonds. The van der Waals surface area contributed by atoms with Crippen molar-refractivity contribution in [3.05, 3.63) is 71.8 Å². The molecule has 3 aromatic carbocycles. The number of carbonyl (C=O) groups excluding carboxylic acids is 1. The average Bonchev–Trinajstić information content (AvgIpc) is 2.79. The van der Waals surface area contributed by atoms with Gasteiger partial charge < -0.3 is 14.9 Å². The SMILES string of the molecule is CCCCC(=O)c1cc(-c2ccc(O)c(O)c2)ccc1N=C(C)c1ccccc1OC. The van der Waals surface area contributed by atoms with Gasteiger partial charge in [0, 0.05) is 23.3 Å². The van der Waals surface area contributed by atoms with Gasteiger partial charge in [-0.1, -0.05) is 37.6 Å². The zero-order valence-corrected chi connectivity index (χ0v) is 18.1. The van der Waals surface area contributed by atoms with Crippen molar-refractivity contribution < 1.29 is 19.7 Å². The highest BCUT2D eigenvalue weighted by Gasteiger charge is 2.15. The molecule has 3 rings (SSSR count). The average molecular weight is 418 g/mol. The lowest BCUT2D eigenvalue weighted by Gasteiger charge is -2.12. The molecule has 0 aliphatic heterocycles. The largest absolute Gasteiger partial charge is 0.504 e. The van der Waals surface area contributed by atoms with Crippen molar-refractivity contribution in [3.8, 4) is 28.4 Å². The van der Waals surface area contributed by atoms with E-state index in [1.54, 1.807) is 19.2 Å². The van der Waals surface area contributed by atoms with Crippen LogP contribution in [0.2, 0.25) is 0 Å². The van der Waals surface area contributed by atoms with Gasteiger partial charge in [-0.3, -0.25) is 9.79 Å². The molecule has 0 heterocycles. The van der Waals surface area contributed by atoms with Crippen LogP contribution in [0.3, 0.4) is 0 Å². The van der Waals surface area contributed by atoms with E-state index in [-0.39, 0.29) is 17.3 Å². The quantitative estimate of drug-likeness (QED) is 0.257. The van der Waals surface area contributed by atoms with Gasteiger partial charge in [0.2, 0.25) is 0 Å². The summed E-state index contributed by atoms with van der Waals surface area (Å²) < 4.78 is 5.44. The van der Waals surface area contributed by atoms with Gasteiger partial charge in [0.15, 0.2) is 17.3 Å². The van der Waals surface area contributed by atoms with Crippen LogP contribution in [0, 0.1) is 0 Å². The highest BCUT2D eigenvalue weighted by Crippen LogP contribution is 2.34. The number of methoxy groups -OCH3 is 1. The predicted molar refractivity (Wildman–Crippen MR) is 124 cm³/mol. The van der Waals surface area contributed by atoms with E-state index in [1.807, 2.05) is 50.2 Å². The van der Waals surface area contributed by atoms with Crippen LogP contribution in [0.1, 0.15) is 49.0 Å². The molecule has 31 heavy (non-hydrogen) atoms. The molecule has 0 radical (unpaired) electrons. The van der Waals surface area contributed by atoms with Crippen LogP contribution in [-0.4, -0.2) is 28.8 Å². The Morgan fingerprint density at radius 3 is 2.35 bits per heavy atom. The summed E-state index contributed by atoms with van der Waals surface area (Å²) in [7, 11) is 1.62. The standard InChI is InChI=1S/C26H27NO4/c1-4-5-9-23(28)21-15-18(19-12-14-24(29)25(30)16-19)11-13-22(21)27-17(2)20-8-6-7-10-26(20)31-3/h6-8,10-16,29-30H,4-5,9H2,1-3H3. The number of carbonyl (C=O) groups is 1. The molecule has 0 aliphatic rings. The Bertz CT molecular complexity index is 1120. The maximum Gasteiger partial charge on any atom is 0.165 e. The fraction of sp³-hybridized carbons (Fsp3) is 0.231. The summed E-state index contributed by atoms with van der Waals surface area (Å²) in [6.07, 6.45) is 2.17. The van der Waals surface area contributed by atoms with Crippen LogP contribution in [-0.2, 0) is 0 Å². The zero-order chi connectivity index (χ0) is 22.4. The minimum atomic E-state index is -0.203. The van der Waals surface area contributed by atoms with Crippen molar-refractivity contribution in [3.63, 3.8) is 0 Å². The Labute approximate surface area is 182 Å². The topological polar surface area (TPSA) is 79.1 Å². The number of phenols is 2. The third kappa shape index (κ3) is 5.12. The van der Waals surface area contributed by atoms with Gasteiger partial charge in [0.05, 0.1) is 12.8 Å². The molecule has 0 aromatic heterocycles. The van der Waals surface area contributed by atoms with E-state index in [0.29, 0.717) is 23.2 Å². The molecule has 0 unspecified atom stereocenters. The first-order valence-electron chi connectivity index (χ1n) is 10.3. The van der Waals surface area contributed by atoms with Gasteiger partial charge in [-0.25, -0.2) is 0 Å². The Balaban J connectivity index is 2.08. The minimum absolute atomic E-state index is 0.0262. The first-order valence-corrected chi connectivity index (χ1v) is 10.3. The number of aromatic hydroxyl groups is 2. The van der Waals surface area contributed by atoms with Gasteiger partial charge >= 0.3 is 0 Å². The third-order valence-corrected chi connectivity index (χ3v) is 5.15. The first-order chi connectivity index (χ1) is 14.9. The highest BCUT2D eigenvalue weighted by atomic mass is 16.5. The Morgan fingerprint density at radius 1 is 0.935 bits per heavy atom. The second kappa shape index (κ2) is 9.94. The summed E-state index contributed by atoms with van der Waals surface area (Å²) in [5.74, 6) is 0.360. The number of nitrogens with zero attached hydrogens (tertiary/aromatic N) is 1. The van der Waals surface area contributed by atoms with Gasteiger partial charge in [-0.2, -0.15) is 0 Å². The molecule has 0 saturated heterocycles. The van der Waals surface area contributed by atoms with Crippen LogP contribution in [0.15, 0.2) is 65.7 Å². The molecule has 0 fully saturated rings. The third-order valence-electron chi connectivity index (χ3n) is 5.15. The van der Waals surface area contributed by atoms with E-state index in [0.717, 1.165) is 35.4 Å². The predicted octanol–water partition coefficient (Wildman–Crippen LogP) is 6.29. The maximum absolute atomic E-state index is 13.0. The van der Waals surface area contributed by atoms with Gasteiger partial charge in [0.25, 0.3) is 0 Å². The molecule has 3 aromatic rings. The number of aliphatic imine (C=N–C) groups is 1. The lowest BCUT2D eigenvalue weighted by atomic mass is 9.97. The molecule has 0 bridgehead atoms. The lowest BCUT2D eigenvalue weighted by Crippen LogP contribution is -2.02. The van der Waals surface area contributed by atoms with E-state index in [2.05, 4.69) is 0 Å². The van der Waals surface area contributed by atoms with E-state index in [4.69, 9.17) is 9.73 Å². The molecule has 5 heteroatoms. The van der Waals surface area contributed by atoms with Crippen LogP contribution >= 0.6 is 0 Å². The molecule has 2 N–H and O–H groups in total. The Hall–Kier alpha value is -3.60. The van der Waals surface area contributed by atoms with Crippen LogP contribution in [0.5, 0.6) is 17.2 Å². The van der Waals surface area contributed by atoms with Crippen LogP contribution in [0.4, 0.5) is 5.69 Å². The van der Waals surface area contributed by atoms with Crippen molar-refractivity contribution in [1.29, 1.82) is 0 Å². The number of Topliss-reactive ketones (excluding diaryl/α,β-unsaturated/α-hetero) is 1. The molecular weight excluding hydrogens is 390 g/mol. The normalized spacial score (nSPS) is 11.4. The maximum atomic E-state index is 13.0. The molecule has 0 spiro atoms. The summed E-state index contributed by atoms with van der Waals surface area (Å²) >= 11 is 0. The summed E-state index contributed by atoms with van der Waals surface area (Å²) in [5, 5.41) is 19.4. The fourth-order valence-electron chi connectivity index (χ4n) is 3.40. The van der Waals surface area contributed by atoms with E-state index < -0.39 is 0 Å². The van der Waals surface area contributed by atoms with Gasteiger partial charge in [-0.15, -0.1) is 0 Å². The second-order valence-corrected chi connectivity index (χ2v) is 7.36. The zero-order valence-electron chi connectivity index (χ0n) is 18.1. The molecule has 0 saturated carbocycles. The minimum Gasteiger partial charge on any atom is -0.504 e. The lowest BCUT2D eigenvalue weighted by molar-refractivity contribution is 0.0980. The smallest absolute Gasteiger partial charge is 0.165 e. The monoisotopic (exact) mass is 417 g/mol. The number of benzene rings is 3. The van der Waals surface area contributed by atoms with Gasteiger partial charge in [0.1, 0.15) is 5.75 Å².